The van der Waals surface area contributed by atoms with Crippen LogP contribution in [0.2, 0.25) is 0 Å². The van der Waals surface area contributed by atoms with E-state index in [-0.39, 0.29) is 24.5 Å². The second-order valence-corrected chi connectivity index (χ2v) is 7.22. The molecule has 2 aliphatic heterocycles. The number of hydrogen-bond donors (Lipinski definition) is 2. The minimum atomic E-state index is -0.365. The highest BCUT2D eigenvalue weighted by Crippen LogP contribution is 2.13. The van der Waals surface area contributed by atoms with Gasteiger partial charge in [0.2, 0.25) is 5.91 Å². The van der Waals surface area contributed by atoms with Crippen LogP contribution in [0.5, 0.6) is 0 Å². The second-order valence-electron chi connectivity index (χ2n) is 7.22. The lowest BCUT2D eigenvalue weighted by molar-refractivity contribution is -0.131. The zero-order valence-electron chi connectivity index (χ0n) is 16.2. The summed E-state index contributed by atoms with van der Waals surface area (Å²) in [5.41, 5.74) is 0.999. The highest BCUT2D eigenvalue weighted by Gasteiger charge is 2.27. The van der Waals surface area contributed by atoms with Gasteiger partial charge in [0.15, 0.2) is 0 Å². The average Bonchev–Trinajstić information content (AvgIpc) is 2.77. The number of amides is 5. The number of hydrogen-bond acceptors (Lipinski definition) is 3. The number of nitrogens with one attached hydrogen (secondary N) is 2. The van der Waals surface area contributed by atoms with Crippen LogP contribution in [0.4, 0.5) is 9.59 Å². The van der Waals surface area contributed by atoms with Crippen molar-refractivity contribution < 1.29 is 14.4 Å². The summed E-state index contributed by atoms with van der Waals surface area (Å²) in [6, 6.07) is 9.32. The molecular formula is C20H29N5O3. The van der Waals surface area contributed by atoms with Crippen LogP contribution in [0.1, 0.15) is 24.8 Å². The zero-order valence-corrected chi connectivity index (χ0v) is 16.2. The normalized spacial score (nSPS) is 17.2. The van der Waals surface area contributed by atoms with E-state index < -0.39 is 0 Å². The first-order chi connectivity index (χ1) is 13.6. The number of benzene rings is 1. The predicted molar refractivity (Wildman–Crippen MR) is 106 cm³/mol. The molecule has 0 radical (unpaired) electrons. The molecule has 2 aliphatic rings. The molecule has 2 N–H and O–H groups in total. The number of rotatable bonds is 4. The van der Waals surface area contributed by atoms with Gasteiger partial charge in [0.05, 0.1) is 6.54 Å². The fraction of sp³-hybridized carbons (Fsp3) is 0.550. The summed E-state index contributed by atoms with van der Waals surface area (Å²) in [6.07, 6.45) is 3.34. The third kappa shape index (κ3) is 5.61. The maximum atomic E-state index is 12.5. The van der Waals surface area contributed by atoms with Gasteiger partial charge < -0.3 is 25.3 Å². The van der Waals surface area contributed by atoms with Gasteiger partial charge in [0, 0.05) is 45.8 Å². The zero-order chi connectivity index (χ0) is 19.8. The van der Waals surface area contributed by atoms with Gasteiger partial charge in [-0.15, -0.1) is 0 Å². The van der Waals surface area contributed by atoms with E-state index in [9.17, 15) is 14.4 Å². The van der Waals surface area contributed by atoms with E-state index in [1.54, 1.807) is 4.90 Å². The van der Waals surface area contributed by atoms with Gasteiger partial charge in [-0.05, 0) is 24.8 Å². The van der Waals surface area contributed by atoms with Gasteiger partial charge in [0.25, 0.3) is 0 Å². The third-order valence-electron chi connectivity index (χ3n) is 5.23. The summed E-state index contributed by atoms with van der Waals surface area (Å²) in [7, 11) is 0. The van der Waals surface area contributed by atoms with Gasteiger partial charge in [-0.1, -0.05) is 30.3 Å². The van der Waals surface area contributed by atoms with Crippen LogP contribution in [-0.4, -0.2) is 78.5 Å². The quantitative estimate of drug-likeness (QED) is 0.815. The lowest BCUT2D eigenvalue weighted by Gasteiger charge is -2.38. The largest absolute Gasteiger partial charge is 0.338 e. The van der Waals surface area contributed by atoms with Crippen molar-refractivity contribution in [3.63, 3.8) is 0 Å². The van der Waals surface area contributed by atoms with Crippen molar-refractivity contribution in [3.05, 3.63) is 35.9 Å². The molecular weight excluding hydrogens is 358 g/mol. The summed E-state index contributed by atoms with van der Waals surface area (Å²) in [6.45, 7) is 4.14. The van der Waals surface area contributed by atoms with Crippen LogP contribution < -0.4 is 10.6 Å². The summed E-state index contributed by atoms with van der Waals surface area (Å²) < 4.78 is 0. The first-order valence-electron chi connectivity index (χ1n) is 10.0. The van der Waals surface area contributed by atoms with Crippen molar-refractivity contribution in [1.29, 1.82) is 0 Å². The topological polar surface area (TPSA) is 85.0 Å². The SMILES string of the molecule is O=C(NCC(=O)N1CCN(C(=O)N2CCCCC2)CC1)NCc1ccccc1. The molecule has 0 spiro atoms. The van der Waals surface area contributed by atoms with Crippen molar-refractivity contribution in [2.75, 3.05) is 45.8 Å². The number of nitrogens with zero attached hydrogens (tertiary/aromatic N) is 3. The standard InChI is InChI=1S/C20H29N5O3/c26-18(16-22-19(27)21-15-17-7-3-1-4-8-17)23-11-13-25(14-12-23)20(28)24-9-5-2-6-10-24/h1,3-4,7-8H,2,5-6,9-16H2,(H2,21,22,27). The average molecular weight is 387 g/mol. The molecule has 8 nitrogen and oxygen atoms in total. The van der Waals surface area contributed by atoms with E-state index in [1.165, 1.54) is 6.42 Å². The van der Waals surface area contributed by atoms with Gasteiger partial charge in [-0.2, -0.15) is 0 Å². The summed E-state index contributed by atoms with van der Waals surface area (Å²) >= 11 is 0. The van der Waals surface area contributed by atoms with Crippen LogP contribution in [-0.2, 0) is 11.3 Å². The van der Waals surface area contributed by atoms with Gasteiger partial charge in [0.1, 0.15) is 0 Å². The summed E-state index contributed by atoms with van der Waals surface area (Å²) in [5.74, 6) is -0.125. The molecule has 1 aromatic carbocycles. The van der Waals surface area contributed by atoms with Gasteiger partial charge in [-0.25, -0.2) is 9.59 Å². The van der Waals surface area contributed by atoms with E-state index >= 15 is 0 Å². The Kier molecular flexibility index (Phi) is 7.11. The molecule has 0 bridgehead atoms. The molecule has 2 saturated heterocycles. The van der Waals surface area contributed by atoms with Crippen molar-refractivity contribution in [3.8, 4) is 0 Å². The number of piperidine rings is 1. The summed E-state index contributed by atoms with van der Waals surface area (Å²) in [5, 5.41) is 5.34. The molecule has 0 saturated carbocycles. The predicted octanol–water partition coefficient (Wildman–Crippen LogP) is 1.24. The Morgan fingerprint density at radius 3 is 2.04 bits per heavy atom. The molecule has 0 atom stereocenters. The van der Waals surface area contributed by atoms with Crippen LogP contribution in [0, 0.1) is 0 Å². The fourth-order valence-electron chi connectivity index (χ4n) is 3.54. The van der Waals surface area contributed by atoms with Crippen LogP contribution >= 0.6 is 0 Å². The molecule has 2 fully saturated rings. The van der Waals surface area contributed by atoms with Crippen molar-refractivity contribution in [1.82, 2.24) is 25.3 Å². The fourth-order valence-corrected chi connectivity index (χ4v) is 3.54. The Balaban J connectivity index is 1.34. The molecule has 1 aromatic rings. The molecule has 8 heteroatoms. The molecule has 0 unspecified atom stereocenters. The Morgan fingerprint density at radius 2 is 1.36 bits per heavy atom. The van der Waals surface area contributed by atoms with E-state index in [0.29, 0.717) is 32.7 Å². The monoisotopic (exact) mass is 387 g/mol. The van der Waals surface area contributed by atoms with E-state index in [4.69, 9.17) is 0 Å². The number of carbonyl (C=O) groups excluding carboxylic acids is 3. The molecule has 152 valence electrons. The Bertz CT molecular complexity index is 668. The molecule has 0 aliphatic carbocycles. The van der Waals surface area contributed by atoms with E-state index in [0.717, 1.165) is 31.5 Å². The Hall–Kier alpha value is -2.77. The Labute approximate surface area is 165 Å². The smallest absolute Gasteiger partial charge is 0.320 e. The maximum Gasteiger partial charge on any atom is 0.320 e. The summed E-state index contributed by atoms with van der Waals surface area (Å²) in [4.78, 5) is 42.2. The highest BCUT2D eigenvalue weighted by molar-refractivity contribution is 5.84. The minimum absolute atomic E-state index is 0.0410. The van der Waals surface area contributed by atoms with Crippen LogP contribution in [0.15, 0.2) is 30.3 Å². The number of carbonyl (C=O) groups is 3. The van der Waals surface area contributed by atoms with Crippen LogP contribution in [0.3, 0.4) is 0 Å². The van der Waals surface area contributed by atoms with E-state index in [1.807, 2.05) is 40.1 Å². The molecule has 3 rings (SSSR count). The first-order valence-corrected chi connectivity index (χ1v) is 10.0. The van der Waals surface area contributed by atoms with E-state index in [2.05, 4.69) is 10.6 Å². The molecule has 28 heavy (non-hydrogen) atoms. The lowest BCUT2D eigenvalue weighted by atomic mass is 10.1. The second kappa shape index (κ2) is 9.96. The maximum absolute atomic E-state index is 12.5. The number of piperazine rings is 1. The lowest BCUT2D eigenvalue weighted by Crippen LogP contribution is -2.56. The molecule has 5 amide bonds. The highest BCUT2D eigenvalue weighted by atomic mass is 16.2. The van der Waals surface area contributed by atoms with Crippen LogP contribution in [0.25, 0.3) is 0 Å². The minimum Gasteiger partial charge on any atom is -0.338 e. The first kappa shape index (κ1) is 20.0. The van der Waals surface area contributed by atoms with Crippen molar-refractivity contribution in [2.24, 2.45) is 0 Å². The number of likely N-dealkylation sites (tertiary alicyclic amines) is 1. The van der Waals surface area contributed by atoms with Gasteiger partial charge in [-0.3, -0.25) is 4.79 Å². The molecule has 0 aromatic heterocycles. The van der Waals surface area contributed by atoms with Crippen molar-refractivity contribution >= 4 is 18.0 Å². The Morgan fingerprint density at radius 1 is 0.750 bits per heavy atom. The van der Waals surface area contributed by atoms with Gasteiger partial charge >= 0.3 is 12.1 Å². The molecule has 2 heterocycles. The van der Waals surface area contributed by atoms with Crippen molar-refractivity contribution in [2.45, 2.75) is 25.8 Å². The number of urea groups is 2. The third-order valence-corrected chi connectivity index (χ3v) is 5.23.